The van der Waals surface area contributed by atoms with E-state index in [4.69, 9.17) is 5.26 Å². The van der Waals surface area contributed by atoms with Crippen LogP contribution in [-0.4, -0.2) is 24.3 Å². The van der Waals surface area contributed by atoms with E-state index in [-0.39, 0.29) is 18.2 Å². The first-order chi connectivity index (χ1) is 8.77. The molecule has 1 fully saturated rings. The van der Waals surface area contributed by atoms with Crippen LogP contribution >= 0.6 is 0 Å². The minimum Gasteiger partial charge on any atom is -0.394 e. The molecule has 0 aromatic heterocycles. The molecule has 0 amide bonds. The third kappa shape index (κ3) is 2.46. The van der Waals surface area contributed by atoms with Crippen molar-refractivity contribution in [2.24, 2.45) is 0 Å². The molecule has 1 heterocycles. The maximum Gasteiger partial charge on any atom is 0.143 e. The van der Waals surface area contributed by atoms with Gasteiger partial charge in [0.1, 0.15) is 17.4 Å². The quantitative estimate of drug-likeness (QED) is 0.874. The number of anilines is 1. The fourth-order valence-corrected chi connectivity index (χ4v) is 2.55. The first kappa shape index (κ1) is 12.8. The van der Waals surface area contributed by atoms with E-state index in [1.165, 1.54) is 6.07 Å². The van der Waals surface area contributed by atoms with Gasteiger partial charge in [-0.1, -0.05) is 18.9 Å². The Kier molecular flexibility index (Phi) is 4.16. The van der Waals surface area contributed by atoms with E-state index in [1.807, 2.05) is 11.0 Å². The molecule has 1 aliphatic rings. The molecule has 1 N–H and O–H groups in total. The summed E-state index contributed by atoms with van der Waals surface area (Å²) in [5.41, 5.74) is 0.691. The van der Waals surface area contributed by atoms with Gasteiger partial charge >= 0.3 is 0 Å². The van der Waals surface area contributed by atoms with Crippen LogP contribution in [0.4, 0.5) is 10.1 Å². The van der Waals surface area contributed by atoms with Crippen LogP contribution in [-0.2, 0) is 0 Å². The average Bonchev–Trinajstić information content (AvgIpc) is 2.63. The minimum absolute atomic E-state index is 0.0126. The molecule has 1 aromatic carbocycles. The zero-order chi connectivity index (χ0) is 13.0. The number of aliphatic hydroxyl groups is 1. The lowest BCUT2D eigenvalue weighted by molar-refractivity contribution is 0.255. The maximum absolute atomic E-state index is 13.6. The zero-order valence-corrected chi connectivity index (χ0v) is 10.3. The molecule has 4 heteroatoms. The van der Waals surface area contributed by atoms with Crippen molar-refractivity contribution in [3.63, 3.8) is 0 Å². The van der Waals surface area contributed by atoms with E-state index in [0.717, 1.165) is 32.2 Å². The van der Waals surface area contributed by atoms with Crippen LogP contribution in [0.2, 0.25) is 0 Å². The summed E-state index contributed by atoms with van der Waals surface area (Å²) in [6.45, 7) is 0.810. The molecule has 1 aromatic rings. The van der Waals surface area contributed by atoms with Crippen molar-refractivity contribution in [1.82, 2.24) is 0 Å². The van der Waals surface area contributed by atoms with Gasteiger partial charge in [0.2, 0.25) is 0 Å². The number of hydrogen-bond donors (Lipinski definition) is 1. The number of hydrogen-bond acceptors (Lipinski definition) is 3. The van der Waals surface area contributed by atoms with E-state index in [9.17, 15) is 9.50 Å². The molecule has 1 aliphatic heterocycles. The standard InChI is InChI=1S/C14H17FN2O/c15-13-6-4-7-14(12(13)9-16)17-8-3-1-2-5-11(17)10-18/h4,6-7,11,18H,1-3,5,8,10H2. The molecule has 0 spiro atoms. The Labute approximate surface area is 106 Å². The molecule has 0 saturated carbocycles. The predicted octanol–water partition coefficient (Wildman–Crippen LogP) is 2.44. The van der Waals surface area contributed by atoms with E-state index < -0.39 is 5.82 Å². The summed E-state index contributed by atoms with van der Waals surface area (Å²) in [6, 6.07) is 6.59. The fraction of sp³-hybridized carbons (Fsp3) is 0.500. The van der Waals surface area contributed by atoms with Gasteiger partial charge in [0.15, 0.2) is 0 Å². The number of rotatable bonds is 2. The van der Waals surface area contributed by atoms with Gasteiger partial charge in [-0.25, -0.2) is 4.39 Å². The Hall–Kier alpha value is -1.60. The van der Waals surface area contributed by atoms with Gasteiger partial charge in [-0.15, -0.1) is 0 Å². The average molecular weight is 248 g/mol. The number of nitriles is 1. The third-order valence-corrected chi connectivity index (χ3v) is 3.50. The Bertz CT molecular complexity index is 456. The van der Waals surface area contributed by atoms with Gasteiger partial charge in [-0.05, 0) is 25.0 Å². The normalized spacial score (nSPS) is 20.3. The first-order valence-electron chi connectivity index (χ1n) is 6.34. The van der Waals surface area contributed by atoms with Crippen LogP contribution in [0, 0.1) is 17.1 Å². The SMILES string of the molecule is N#Cc1c(F)cccc1N1CCCCCC1CO. The van der Waals surface area contributed by atoms with Crippen LogP contribution in [0.15, 0.2) is 18.2 Å². The second-order valence-corrected chi connectivity index (χ2v) is 4.62. The van der Waals surface area contributed by atoms with Gasteiger partial charge in [0, 0.05) is 6.54 Å². The topological polar surface area (TPSA) is 47.3 Å². The van der Waals surface area contributed by atoms with Crippen LogP contribution in [0.3, 0.4) is 0 Å². The second kappa shape index (κ2) is 5.83. The predicted molar refractivity (Wildman–Crippen MR) is 67.8 cm³/mol. The van der Waals surface area contributed by atoms with E-state index in [1.54, 1.807) is 12.1 Å². The molecule has 0 radical (unpaired) electrons. The highest BCUT2D eigenvalue weighted by atomic mass is 19.1. The summed E-state index contributed by atoms with van der Waals surface area (Å²) in [4.78, 5) is 1.98. The summed E-state index contributed by atoms with van der Waals surface area (Å²) >= 11 is 0. The van der Waals surface area contributed by atoms with Gasteiger partial charge in [-0.3, -0.25) is 0 Å². The third-order valence-electron chi connectivity index (χ3n) is 3.50. The number of benzene rings is 1. The Morgan fingerprint density at radius 2 is 2.22 bits per heavy atom. The van der Waals surface area contributed by atoms with E-state index in [2.05, 4.69) is 0 Å². The molecule has 2 rings (SSSR count). The van der Waals surface area contributed by atoms with Crippen molar-refractivity contribution < 1.29 is 9.50 Å². The molecule has 0 bridgehead atoms. The number of nitrogens with zero attached hydrogens (tertiary/aromatic N) is 2. The van der Waals surface area contributed by atoms with Gasteiger partial charge < -0.3 is 10.0 Å². The molecule has 1 atom stereocenters. The van der Waals surface area contributed by atoms with Crippen LogP contribution in [0.5, 0.6) is 0 Å². The lowest BCUT2D eigenvalue weighted by Crippen LogP contribution is -2.38. The number of halogens is 1. The van der Waals surface area contributed by atoms with E-state index >= 15 is 0 Å². The van der Waals surface area contributed by atoms with Crippen molar-refractivity contribution in [3.8, 4) is 6.07 Å². The Balaban J connectivity index is 2.39. The molecule has 1 unspecified atom stereocenters. The summed E-state index contributed by atoms with van der Waals surface area (Å²) in [5, 5.41) is 18.5. The summed E-state index contributed by atoms with van der Waals surface area (Å²) < 4.78 is 13.6. The lowest BCUT2D eigenvalue weighted by Gasteiger charge is -2.31. The molecular formula is C14H17FN2O. The highest BCUT2D eigenvalue weighted by Crippen LogP contribution is 2.28. The van der Waals surface area contributed by atoms with Gasteiger partial charge in [0.05, 0.1) is 18.3 Å². The molecule has 18 heavy (non-hydrogen) atoms. The maximum atomic E-state index is 13.6. The molecular weight excluding hydrogens is 231 g/mol. The van der Waals surface area contributed by atoms with Crippen molar-refractivity contribution in [1.29, 1.82) is 5.26 Å². The fourth-order valence-electron chi connectivity index (χ4n) is 2.55. The van der Waals surface area contributed by atoms with Crippen molar-refractivity contribution in [2.45, 2.75) is 31.7 Å². The zero-order valence-electron chi connectivity index (χ0n) is 10.3. The van der Waals surface area contributed by atoms with E-state index in [0.29, 0.717) is 5.69 Å². The molecule has 96 valence electrons. The summed E-state index contributed by atoms with van der Waals surface area (Å²) in [7, 11) is 0. The summed E-state index contributed by atoms with van der Waals surface area (Å²) in [5.74, 6) is -0.490. The Morgan fingerprint density at radius 3 is 2.94 bits per heavy atom. The van der Waals surface area contributed by atoms with Gasteiger partial charge in [-0.2, -0.15) is 5.26 Å². The Morgan fingerprint density at radius 1 is 1.39 bits per heavy atom. The molecule has 0 aliphatic carbocycles. The monoisotopic (exact) mass is 248 g/mol. The minimum atomic E-state index is -0.490. The number of aliphatic hydroxyl groups excluding tert-OH is 1. The van der Waals surface area contributed by atoms with Crippen LogP contribution < -0.4 is 4.90 Å². The summed E-state index contributed by atoms with van der Waals surface area (Å²) in [6.07, 6.45) is 4.08. The van der Waals surface area contributed by atoms with Crippen LogP contribution in [0.25, 0.3) is 0 Å². The van der Waals surface area contributed by atoms with Crippen molar-refractivity contribution in [2.75, 3.05) is 18.1 Å². The first-order valence-corrected chi connectivity index (χ1v) is 6.34. The second-order valence-electron chi connectivity index (χ2n) is 4.62. The largest absolute Gasteiger partial charge is 0.394 e. The van der Waals surface area contributed by atoms with Gasteiger partial charge in [0.25, 0.3) is 0 Å². The van der Waals surface area contributed by atoms with Crippen molar-refractivity contribution >= 4 is 5.69 Å². The molecule has 3 nitrogen and oxygen atoms in total. The highest BCUT2D eigenvalue weighted by Gasteiger charge is 2.23. The van der Waals surface area contributed by atoms with Crippen LogP contribution in [0.1, 0.15) is 31.2 Å². The lowest BCUT2D eigenvalue weighted by atomic mass is 10.1. The molecule has 1 saturated heterocycles. The smallest absolute Gasteiger partial charge is 0.143 e. The van der Waals surface area contributed by atoms with Crippen molar-refractivity contribution in [3.05, 3.63) is 29.6 Å². The highest BCUT2D eigenvalue weighted by molar-refractivity contribution is 5.60.